The van der Waals surface area contributed by atoms with Crippen LogP contribution in [0.25, 0.3) is 0 Å². The van der Waals surface area contributed by atoms with Gasteiger partial charge in [-0.15, -0.1) is 0 Å². The van der Waals surface area contributed by atoms with Crippen molar-refractivity contribution in [3.63, 3.8) is 0 Å². The minimum absolute atomic E-state index is 0.203. The third-order valence-corrected chi connectivity index (χ3v) is 3.81. The Hall–Kier alpha value is -0.940. The predicted molar refractivity (Wildman–Crippen MR) is 60.3 cm³/mol. The Morgan fingerprint density at radius 2 is 2.00 bits per heavy atom. The standard InChI is InChI=1S/C10H16N2O2S/c1-2-15(13,14)8-7-12-9-10-3-5-11-6-4-10/h3-6,12H,2,7-9H2,1H3. The number of rotatable bonds is 6. The van der Waals surface area contributed by atoms with E-state index < -0.39 is 9.84 Å². The van der Waals surface area contributed by atoms with Gasteiger partial charge in [0.15, 0.2) is 9.84 Å². The minimum Gasteiger partial charge on any atom is -0.312 e. The van der Waals surface area contributed by atoms with E-state index in [0.29, 0.717) is 13.1 Å². The molecule has 0 unspecified atom stereocenters. The second kappa shape index (κ2) is 5.82. The first kappa shape index (κ1) is 12.1. The van der Waals surface area contributed by atoms with Crippen LogP contribution in [0.4, 0.5) is 0 Å². The van der Waals surface area contributed by atoms with Crippen molar-refractivity contribution in [2.75, 3.05) is 18.1 Å². The van der Waals surface area contributed by atoms with Crippen LogP contribution in [0, 0.1) is 0 Å². The second-order valence-corrected chi connectivity index (χ2v) is 5.74. The summed E-state index contributed by atoms with van der Waals surface area (Å²) in [6, 6.07) is 3.81. The molecule has 1 aromatic rings. The summed E-state index contributed by atoms with van der Waals surface area (Å²) in [6.45, 7) is 2.85. The van der Waals surface area contributed by atoms with E-state index >= 15 is 0 Å². The molecule has 0 spiro atoms. The lowest BCUT2D eigenvalue weighted by atomic mass is 10.3. The van der Waals surface area contributed by atoms with Crippen molar-refractivity contribution in [1.82, 2.24) is 10.3 Å². The summed E-state index contributed by atoms with van der Waals surface area (Å²) in [6.07, 6.45) is 3.44. The molecule has 0 aliphatic rings. The first-order valence-electron chi connectivity index (χ1n) is 4.94. The van der Waals surface area contributed by atoms with Gasteiger partial charge in [-0.05, 0) is 17.7 Å². The molecule has 4 nitrogen and oxygen atoms in total. The molecule has 1 aromatic heterocycles. The van der Waals surface area contributed by atoms with Crippen molar-refractivity contribution in [3.05, 3.63) is 30.1 Å². The summed E-state index contributed by atoms with van der Waals surface area (Å²) in [5, 5.41) is 3.09. The molecule has 0 aliphatic heterocycles. The lowest BCUT2D eigenvalue weighted by Gasteiger charge is -2.04. The largest absolute Gasteiger partial charge is 0.312 e. The van der Waals surface area contributed by atoms with Crippen molar-refractivity contribution in [3.8, 4) is 0 Å². The highest BCUT2D eigenvalue weighted by atomic mass is 32.2. The van der Waals surface area contributed by atoms with Crippen molar-refractivity contribution < 1.29 is 8.42 Å². The number of sulfone groups is 1. The highest BCUT2D eigenvalue weighted by Crippen LogP contribution is 1.94. The molecule has 0 saturated heterocycles. The summed E-state index contributed by atoms with van der Waals surface area (Å²) in [7, 11) is -2.85. The maximum absolute atomic E-state index is 11.2. The number of aromatic nitrogens is 1. The van der Waals surface area contributed by atoms with E-state index in [-0.39, 0.29) is 11.5 Å². The van der Waals surface area contributed by atoms with Gasteiger partial charge in [0.1, 0.15) is 0 Å². The van der Waals surface area contributed by atoms with E-state index in [4.69, 9.17) is 0 Å². The molecule has 1 heterocycles. The lowest BCUT2D eigenvalue weighted by molar-refractivity contribution is 0.592. The van der Waals surface area contributed by atoms with Gasteiger partial charge in [0.25, 0.3) is 0 Å². The number of nitrogens with zero attached hydrogens (tertiary/aromatic N) is 1. The van der Waals surface area contributed by atoms with Crippen LogP contribution in [0.2, 0.25) is 0 Å². The molecule has 0 aliphatic carbocycles. The highest BCUT2D eigenvalue weighted by Gasteiger charge is 2.05. The van der Waals surface area contributed by atoms with Crippen LogP contribution in [-0.4, -0.2) is 31.5 Å². The monoisotopic (exact) mass is 228 g/mol. The molecule has 5 heteroatoms. The molecule has 0 saturated carbocycles. The number of nitrogens with one attached hydrogen (secondary N) is 1. The first-order chi connectivity index (χ1) is 7.14. The average Bonchev–Trinajstić information content (AvgIpc) is 2.26. The van der Waals surface area contributed by atoms with Crippen LogP contribution in [-0.2, 0) is 16.4 Å². The van der Waals surface area contributed by atoms with E-state index in [9.17, 15) is 8.42 Å². The van der Waals surface area contributed by atoms with Gasteiger partial charge >= 0.3 is 0 Å². The molecule has 0 aromatic carbocycles. The Balaban J connectivity index is 2.24. The topological polar surface area (TPSA) is 59.1 Å². The van der Waals surface area contributed by atoms with Crippen LogP contribution in [0.3, 0.4) is 0 Å². The first-order valence-corrected chi connectivity index (χ1v) is 6.76. The van der Waals surface area contributed by atoms with Gasteiger partial charge in [-0.1, -0.05) is 6.92 Å². The lowest BCUT2D eigenvalue weighted by Crippen LogP contribution is -2.23. The molecule has 0 amide bonds. The Bertz CT molecular complexity index is 376. The fraction of sp³-hybridized carbons (Fsp3) is 0.500. The van der Waals surface area contributed by atoms with Gasteiger partial charge in [-0.3, -0.25) is 4.98 Å². The third-order valence-electron chi connectivity index (χ3n) is 2.11. The Morgan fingerprint density at radius 1 is 1.33 bits per heavy atom. The summed E-state index contributed by atoms with van der Waals surface area (Å²) in [5.74, 6) is 0.415. The molecular weight excluding hydrogens is 212 g/mol. The molecule has 1 N–H and O–H groups in total. The summed E-state index contributed by atoms with van der Waals surface area (Å²) in [5.41, 5.74) is 1.11. The van der Waals surface area contributed by atoms with E-state index in [1.165, 1.54) is 0 Å². The summed E-state index contributed by atoms with van der Waals surface area (Å²) >= 11 is 0. The van der Waals surface area contributed by atoms with Gasteiger partial charge in [-0.2, -0.15) is 0 Å². The van der Waals surface area contributed by atoms with E-state index in [0.717, 1.165) is 5.56 Å². The van der Waals surface area contributed by atoms with Crippen LogP contribution in [0.15, 0.2) is 24.5 Å². The molecule has 0 fully saturated rings. The van der Waals surface area contributed by atoms with Gasteiger partial charge in [-0.25, -0.2) is 8.42 Å². The second-order valence-electron chi connectivity index (χ2n) is 3.27. The van der Waals surface area contributed by atoms with Crippen LogP contribution in [0.1, 0.15) is 12.5 Å². The van der Waals surface area contributed by atoms with E-state index in [1.807, 2.05) is 12.1 Å². The van der Waals surface area contributed by atoms with Gasteiger partial charge < -0.3 is 5.32 Å². The molecule has 0 atom stereocenters. The SMILES string of the molecule is CCS(=O)(=O)CCNCc1ccncc1. The third kappa shape index (κ3) is 4.90. The van der Waals surface area contributed by atoms with Crippen molar-refractivity contribution in [1.29, 1.82) is 0 Å². The molecule has 84 valence electrons. The number of hydrogen-bond donors (Lipinski definition) is 1. The maximum atomic E-state index is 11.2. The van der Waals surface area contributed by atoms with E-state index in [1.54, 1.807) is 19.3 Å². The number of pyridine rings is 1. The minimum atomic E-state index is -2.85. The quantitative estimate of drug-likeness (QED) is 0.725. The zero-order valence-corrected chi connectivity index (χ0v) is 9.63. The molecule has 0 bridgehead atoms. The fourth-order valence-corrected chi connectivity index (χ4v) is 1.85. The van der Waals surface area contributed by atoms with Gasteiger partial charge in [0, 0.05) is 31.2 Å². The summed E-state index contributed by atoms with van der Waals surface area (Å²) in [4.78, 5) is 3.90. The Labute approximate surface area is 90.7 Å². The maximum Gasteiger partial charge on any atom is 0.151 e. The van der Waals surface area contributed by atoms with Crippen molar-refractivity contribution >= 4 is 9.84 Å². The predicted octanol–water partition coefficient (Wildman–Crippen LogP) is 0.606. The molecular formula is C10H16N2O2S. The fourth-order valence-electron chi connectivity index (χ4n) is 1.11. The van der Waals surface area contributed by atoms with Crippen LogP contribution in [0.5, 0.6) is 0 Å². The number of hydrogen-bond acceptors (Lipinski definition) is 4. The van der Waals surface area contributed by atoms with E-state index in [2.05, 4.69) is 10.3 Å². The van der Waals surface area contributed by atoms with Gasteiger partial charge in [0.2, 0.25) is 0 Å². The molecule has 15 heavy (non-hydrogen) atoms. The van der Waals surface area contributed by atoms with Crippen molar-refractivity contribution in [2.45, 2.75) is 13.5 Å². The highest BCUT2D eigenvalue weighted by molar-refractivity contribution is 7.91. The van der Waals surface area contributed by atoms with Gasteiger partial charge in [0.05, 0.1) is 5.75 Å². The smallest absolute Gasteiger partial charge is 0.151 e. The van der Waals surface area contributed by atoms with Crippen molar-refractivity contribution in [2.24, 2.45) is 0 Å². The van der Waals surface area contributed by atoms with Crippen LogP contribution < -0.4 is 5.32 Å². The zero-order chi connectivity index (χ0) is 11.1. The molecule has 0 radical (unpaired) electrons. The molecule has 1 rings (SSSR count). The Kier molecular flexibility index (Phi) is 4.71. The van der Waals surface area contributed by atoms with Crippen LogP contribution >= 0.6 is 0 Å². The Morgan fingerprint density at radius 3 is 2.60 bits per heavy atom. The zero-order valence-electron chi connectivity index (χ0n) is 8.81. The normalized spacial score (nSPS) is 11.5. The summed E-state index contributed by atoms with van der Waals surface area (Å²) < 4.78 is 22.3. The average molecular weight is 228 g/mol.